The molecule has 0 fully saturated rings. The maximum atomic E-state index is 8.69. The molecule has 0 atom stereocenters. The number of aliphatic hydroxyl groups excluding tert-OH is 1. The molecule has 0 aromatic carbocycles. The number of aromatic nitrogens is 2. The Bertz CT molecular complexity index is 349. The predicted molar refractivity (Wildman–Crippen MR) is 77.4 cm³/mol. The van der Waals surface area contributed by atoms with Crippen LogP contribution in [0.25, 0.3) is 0 Å². The molecule has 18 heavy (non-hydrogen) atoms. The highest BCUT2D eigenvalue weighted by molar-refractivity contribution is 7.98. The summed E-state index contributed by atoms with van der Waals surface area (Å²) in [6.07, 6.45) is 4.90. The van der Waals surface area contributed by atoms with E-state index in [1.807, 2.05) is 19.2 Å². The van der Waals surface area contributed by atoms with Crippen LogP contribution in [0.5, 0.6) is 0 Å². The van der Waals surface area contributed by atoms with Crippen LogP contribution in [0.2, 0.25) is 0 Å². The lowest BCUT2D eigenvalue weighted by Crippen LogP contribution is -2.07. The SMILES string of the molecule is CCNc1cc(NCCCCCO)nc(SC)n1. The third kappa shape index (κ3) is 5.55. The number of nitrogens with zero attached hydrogens (tertiary/aromatic N) is 2. The van der Waals surface area contributed by atoms with Crippen molar-refractivity contribution in [2.45, 2.75) is 31.3 Å². The topological polar surface area (TPSA) is 70.1 Å². The maximum absolute atomic E-state index is 8.69. The van der Waals surface area contributed by atoms with Crippen LogP contribution in [0.15, 0.2) is 11.2 Å². The largest absolute Gasteiger partial charge is 0.396 e. The number of unbranched alkanes of at least 4 members (excludes halogenated alkanes) is 2. The zero-order valence-corrected chi connectivity index (χ0v) is 11.9. The number of thioether (sulfide) groups is 1. The quantitative estimate of drug-likeness (QED) is 0.363. The van der Waals surface area contributed by atoms with Crippen molar-refractivity contribution >= 4 is 23.4 Å². The van der Waals surface area contributed by atoms with Gasteiger partial charge in [0.15, 0.2) is 5.16 Å². The molecule has 0 aliphatic rings. The number of anilines is 2. The molecule has 0 unspecified atom stereocenters. The van der Waals surface area contributed by atoms with Gasteiger partial charge in [0.2, 0.25) is 0 Å². The van der Waals surface area contributed by atoms with Gasteiger partial charge in [0, 0.05) is 25.8 Å². The van der Waals surface area contributed by atoms with Crippen molar-refractivity contribution in [3.05, 3.63) is 6.07 Å². The van der Waals surface area contributed by atoms with Gasteiger partial charge in [-0.05, 0) is 32.4 Å². The Balaban J connectivity index is 2.50. The van der Waals surface area contributed by atoms with E-state index in [1.54, 1.807) is 0 Å². The number of nitrogens with one attached hydrogen (secondary N) is 2. The van der Waals surface area contributed by atoms with Crippen LogP contribution in [0.1, 0.15) is 26.2 Å². The fourth-order valence-corrected chi connectivity index (χ4v) is 1.89. The lowest BCUT2D eigenvalue weighted by Gasteiger charge is -2.09. The summed E-state index contributed by atoms with van der Waals surface area (Å²) in [7, 11) is 0. The Labute approximate surface area is 113 Å². The van der Waals surface area contributed by atoms with E-state index in [0.717, 1.165) is 49.1 Å². The van der Waals surface area contributed by atoms with E-state index in [4.69, 9.17) is 5.11 Å². The fourth-order valence-electron chi connectivity index (χ4n) is 1.51. The first-order chi connectivity index (χ1) is 8.80. The molecule has 1 heterocycles. The molecule has 6 heteroatoms. The molecular formula is C12H22N4OS. The molecule has 1 aromatic heterocycles. The third-order valence-electron chi connectivity index (χ3n) is 2.39. The van der Waals surface area contributed by atoms with Crippen molar-refractivity contribution in [2.24, 2.45) is 0 Å². The Kier molecular flexibility index (Phi) is 7.52. The van der Waals surface area contributed by atoms with Crippen LogP contribution >= 0.6 is 11.8 Å². The Morgan fingerprint density at radius 1 is 1.17 bits per heavy atom. The summed E-state index contributed by atoms with van der Waals surface area (Å²) in [5, 5.41) is 16.0. The fraction of sp³-hybridized carbons (Fsp3) is 0.667. The third-order valence-corrected chi connectivity index (χ3v) is 2.93. The molecule has 0 aliphatic carbocycles. The van der Waals surface area contributed by atoms with E-state index in [-0.39, 0.29) is 6.61 Å². The van der Waals surface area contributed by atoms with Gasteiger partial charge in [-0.25, -0.2) is 9.97 Å². The van der Waals surface area contributed by atoms with Crippen molar-refractivity contribution in [1.82, 2.24) is 9.97 Å². The van der Waals surface area contributed by atoms with Gasteiger partial charge in [0.1, 0.15) is 11.6 Å². The van der Waals surface area contributed by atoms with E-state index in [0.29, 0.717) is 0 Å². The van der Waals surface area contributed by atoms with E-state index >= 15 is 0 Å². The van der Waals surface area contributed by atoms with Gasteiger partial charge in [0.05, 0.1) is 0 Å². The second-order valence-corrected chi connectivity index (χ2v) is 4.64. The summed E-state index contributed by atoms with van der Waals surface area (Å²) in [4.78, 5) is 8.77. The highest BCUT2D eigenvalue weighted by Gasteiger charge is 2.02. The van der Waals surface area contributed by atoms with E-state index in [2.05, 4.69) is 20.6 Å². The first-order valence-electron chi connectivity index (χ1n) is 6.31. The molecule has 0 bridgehead atoms. The number of hydrogen-bond donors (Lipinski definition) is 3. The van der Waals surface area contributed by atoms with Crippen molar-refractivity contribution < 1.29 is 5.11 Å². The minimum Gasteiger partial charge on any atom is -0.396 e. The van der Waals surface area contributed by atoms with E-state index < -0.39 is 0 Å². The standard InChI is InChI=1S/C12H22N4OS/c1-3-13-10-9-11(16-12(15-10)18-2)14-7-5-4-6-8-17/h9,17H,3-8H2,1-2H3,(H2,13,14,15,16). The number of hydrogen-bond acceptors (Lipinski definition) is 6. The van der Waals surface area contributed by atoms with Crippen molar-refractivity contribution in [1.29, 1.82) is 0 Å². The summed E-state index contributed by atoms with van der Waals surface area (Å²) in [5.74, 6) is 1.71. The highest BCUT2D eigenvalue weighted by atomic mass is 32.2. The van der Waals surface area contributed by atoms with Crippen LogP contribution in [0.3, 0.4) is 0 Å². The molecule has 0 spiro atoms. The molecule has 5 nitrogen and oxygen atoms in total. The number of rotatable bonds is 9. The molecule has 0 saturated carbocycles. The minimum absolute atomic E-state index is 0.273. The van der Waals surface area contributed by atoms with Gasteiger partial charge in [-0.3, -0.25) is 0 Å². The molecule has 1 aromatic rings. The van der Waals surface area contributed by atoms with Crippen LogP contribution in [0.4, 0.5) is 11.6 Å². The summed E-state index contributed by atoms with van der Waals surface area (Å²) in [5.41, 5.74) is 0. The molecule has 0 aliphatic heterocycles. The second kappa shape index (κ2) is 8.99. The lowest BCUT2D eigenvalue weighted by molar-refractivity contribution is 0.283. The van der Waals surface area contributed by atoms with Crippen molar-refractivity contribution in [3.8, 4) is 0 Å². The summed E-state index contributed by atoms with van der Waals surface area (Å²) in [6.45, 7) is 4.04. The molecule has 0 amide bonds. The Morgan fingerprint density at radius 2 is 1.89 bits per heavy atom. The molecule has 102 valence electrons. The first kappa shape index (κ1) is 15.0. The van der Waals surface area contributed by atoms with Crippen LogP contribution < -0.4 is 10.6 Å². The smallest absolute Gasteiger partial charge is 0.191 e. The van der Waals surface area contributed by atoms with Crippen LogP contribution in [0, 0.1) is 0 Å². The van der Waals surface area contributed by atoms with E-state index in [1.165, 1.54) is 11.8 Å². The lowest BCUT2D eigenvalue weighted by atomic mass is 10.2. The van der Waals surface area contributed by atoms with Gasteiger partial charge < -0.3 is 15.7 Å². The summed E-state index contributed by atoms with van der Waals surface area (Å²) in [6, 6.07) is 1.93. The van der Waals surface area contributed by atoms with Gasteiger partial charge in [0.25, 0.3) is 0 Å². The van der Waals surface area contributed by atoms with Crippen LogP contribution in [-0.4, -0.2) is 41.0 Å². The normalized spacial score (nSPS) is 10.4. The Hall–Kier alpha value is -1.01. The van der Waals surface area contributed by atoms with E-state index in [9.17, 15) is 0 Å². The first-order valence-corrected chi connectivity index (χ1v) is 7.54. The monoisotopic (exact) mass is 270 g/mol. The average Bonchev–Trinajstić information content (AvgIpc) is 2.38. The minimum atomic E-state index is 0.273. The summed E-state index contributed by atoms with van der Waals surface area (Å²) < 4.78 is 0. The van der Waals surface area contributed by atoms with Gasteiger partial charge in [-0.1, -0.05) is 11.8 Å². The van der Waals surface area contributed by atoms with Gasteiger partial charge >= 0.3 is 0 Å². The zero-order chi connectivity index (χ0) is 13.2. The van der Waals surface area contributed by atoms with Crippen molar-refractivity contribution in [2.75, 3.05) is 36.6 Å². The second-order valence-electron chi connectivity index (χ2n) is 3.87. The summed E-state index contributed by atoms with van der Waals surface area (Å²) >= 11 is 1.54. The molecule has 0 saturated heterocycles. The molecular weight excluding hydrogens is 248 g/mol. The highest BCUT2D eigenvalue weighted by Crippen LogP contribution is 2.17. The maximum Gasteiger partial charge on any atom is 0.191 e. The molecule has 0 radical (unpaired) electrons. The zero-order valence-electron chi connectivity index (χ0n) is 11.1. The van der Waals surface area contributed by atoms with Crippen LogP contribution in [-0.2, 0) is 0 Å². The Morgan fingerprint density at radius 3 is 2.50 bits per heavy atom. The molecule has 1 rings (SSSR count). The predicted octanol–water partition coefficient (Wildman–Crippen LogP) is 2.20. The van der Waals surface area contributed by atoms with Gasteiger partial charge in [-0.2, -0.15) is 0 Å². The molecule has 3 N–H and O–H groups in total. The number of aliphatic hydroxyl groups is 1. The van der Waals surface area contributed by atoms with Crippen molar-refractivity contribution in [3.63, 3.8) is 0 Å². The van der Waals surface area contributed by atoms with Gasteiger partial charge in [-0.15, -0.1) is 0 Å². The average molecular weight is 270 g/mol.